The van der Waals surface area contributed by atoms with Gasteiger partial charge in [0, 0.05) is 38.4 Å². The van der Waals surface area contributed by atoms with Crippen LogP contribution in [-0.4, -0.2) is 64.2 Å². The normalized spacial score (nSPS) is 23.5. The van der Waals surface area contributed by atoms with E-state index in [1.165, 1.54) is 0 Å². The Morgan fingerprint density at radius 2 is 1.96 bits per heavy atom. The molecule has 0 bridgehead atoms. The van der Waals surface area contributed by atoms with Crippen LogP contribution in [0, 0.1) is 0 Å². The molecule has 0 aliphatic carbocycles. The monoisotopic (exact) mass is 439 g/mol. The van der Waals surface area contributed by atoms with Gasteiger partial charge >= 0.3 is 6.09 Å². The zero-order valence-electron chi connectivity index (χ0n) is 15.9. The van der Waals surface area contributed by atoms with Gasteiger partial charge in [0.2, 0.25) is 11.9 Å². The number of amides is 2. The van der Waals surface area contributed by atoms with Crippen molar-refractivity contribution in [2.75, 3.05) is 24.5 Å². The van der Waals surface area contributed by atoms with Gasteiger partial charge in [-0.15, -0.1) is 0 Å². The molecule has 2 fully saturated rings. The van der Waals surface area contributed by atoms with E-state index in [4.69, 9.17) is 4.74 Å². The van der Waals surface area contributed by atoms with Crippen LogP contribution < -0.4 is 10.2 Å². The van der Waals surface area contributed by atoms with Gasteiger partial charge < -0.3 is 19.9 Å². The van der Waals surface area contributed by atoms with Gasteiger partial charge in [0.05, 0.1) is 16.6 Å². The number of piperidine rings is 1. The molecule has 0 aromatic carbocycles. The van der Waals surface area contributed by atoms with Crippen molar-refractivity contribution in [2.24, 2.45) is 0 Å². The summed E-state index contributed by atoms with van der Waals surface area (Å²) in [5.74, 6) is 0.724. The molecule has 8 nitrogen and oxygen atoms in total. The van der Waals surface area contributed by atoms with Gasteiger partial charge in [0.1, 0.15) is 5.60 Å². The molecule has 1 aromatic heterocycles. The number of likely N-dealkylation sites (tertiary alicyclic amines) is 1. The second kappa shape index (κ2) is 8.00. The number of hydrogen-bond acceptors (Lipinski definition) is 6. The molecule has 2 aliphatic rings. The molecular weight excluding hydrogens is 414 g/mol. The lowest BCUT2D eigenvalue weighted by Crippen LogP contribution is -2.54. The lowest BCUT2D eigenvalue weighted by Gasteiger charge is -2.35. The van der Waals surface area contributed by atoms with E-state index < -0.39 is 11.7 Å². The third-order valence-electron chi connectivity index (χ3n) is 4.64. The van der Waals surface area contributed by atoms with E-state index in [9.17, 15) is 9.59 Å². The highest BCUT2D eigenvalue weighted by molar-refractivity contribution is 9.10. The van der Waals surface area contributed by atoms with E-state index >= 15 is 0 Å². The van der Waals surface area contributed by atoms with Crippen molar-refractivity contribution in [3.8, 4) is 0 Å². The molecule has 2 amide bonds. The van der Waals surface area contributed by atoms with Crippen molar-refractivity contribution in [1.29, 1.82) is 0 Å². The highest BCUT2D eigenvalue weighted by Crippen LogP contribution is 2.25. The van der Waals surface area contributed by atoms with Crippen LogP contribution in [0.1, 0.15) is 40.0 Å². The predicted octanol–water partition coefficient (Wildman–Crippen LogP) is 2.33. The largest absolute Gasteiger partial charge is 0.444 e. The summed E-state index contributed by atoms with van der Waals surface area (Å²) >= 11 is 3.34. The molecular formula is C18H26BrN5O3. The lowest BCUT2D eigenvalue weighted by molar-refractivity contribution is -0.135. The Hall–Kier alpha value is -1.90. The molecule has 2 atom stereocenters. The first-order valence-corrected chi connectivity index (χ1v) is 10.0. The minimum Gasteiger partial charge on any atom is -0.444 e. The number of aromatic nitrogens is 2. The Morgan fingerprint density at radius 3 is 2.59 bits per heavy atom. The number of hydrogen-bond donors (Lipinski definition) is 1. The van der Waals surface area contributed by atoms with Crippen molar-refractivity contribution in [2.45, 2.75) is 57.7 Å². The summed E-state index contributed by atoms with van der Waals surface area (Å²) in [5.41, 5.74) is -0.576. The van der Waals surface area contributed by atoms with E-state index in [1.807, 2.05) is 30.6 Å². The van der Waals surface area contributed by atoms with Crippen molar-refractivity contribution in [3.63, 3.8) is 0 Å². The fourth-order valence-electron chi connectivity index (χ4n) is 3.51. The number of halogens is 1. The quantitative estimate of drug-likeness (QED) is 0.777. The minimum atomic E-state index is -0.576. The maximum atomic E-state index is 12.5. The van der Waals surface area contributed by atoms with Gasteiger partial charge in [-0.1, -0.05) is 0 Å². The zero-order chi connectivity index (χ0) is 19.6. The van der Waals surface area contributed by atoms with Crippen molar-refractivity contribution < 1.29 is 14.3 Å². The maximum Gasteiger partial charge on any atom is 0.408 e. The van der Waals surface area contributed by atoms with Crippen LogP contribution in [0.5, 0.6) is 0 Å². The summed E-state index contributed by atoms with van der Waals surface area (Å²) in [6.45, 7) is 7.30. The van der Waals surface area contributed by atoms with Crippen LogP contribution in [0.2, 0.25) is 0 Å². The van der Waals surface area contributed by atoms with Crippen LogP contribution in [0.15, 0.2) is 16.9 Å². The van der Waals surface area contributed by atoms with Crippen LogP contribution in [0.25, 0.3) is 0 Å². The number of nitrogens with one attached hydrogen (secondary N) is 1. The minimum absolute atomic E-state index is 0.127. The molecule has 0 saturated carbocycles. The van der Waals surface area contributed by atoms with Gasteiger partial charge in [0.25, 0.3) is 0 Å². The summed E-state index contributed by atoms with van der Waals surface area (Å²) in [6, 6.07) is -0.369. The van der Waals surface area contributed by atoms with Crippen LogP contribution in [0.3, 0.4) is 0 Å². The van der Waals surface area contributed by atoms with Gasteiger partial charge in [-0.25, -0.2) is 14.8 Å². The Labute approximate surface area is 167 Å². The second-order valence-electron chi connectivity index (χ2n) is 7.97. The first kappa shape index (κ1) is 19.9. The van der Waals surface area contributed by atoms with Gasteiger partial charge in [0.15, 0.2) is 0 Å². The molecule has 0 radical (unpaired) electrons. The van der Waals surface area contributed by atoms with Crippen LogP contribution in [0.4, 0.5) is 10.7 Å². The summed E-state index contributed by atoms with van der Waals surface area (Å²) < 4.78 is 6.21. The third-order valence-corrected chi connectivity index (χ3v) is 5.05. The molecule has 148 valence electrons. The Kier molecular flexibility index (Phi) is 5.88. The Morgan fingerprint density at radius 1 is 1.26 bits per heavy atom. The standard InChI is InChI=1S/C18H26BrN5O3/c1-18(2,3)27-17(26)22-13-10-23(16-20-8-12(19)9-21-16)11-14(13)24-7-5-4-6-15(24)25/h8-9,13-14H,4-7,10-11H2,1-3H3,(H,22,26)/t13-,14+/m0/s1. The molecule has 2 aliphatic heterocycles. The summed E-state index contributed by atoms with van der Waals surface area (Å²) in [5, 5.41) is 2.95. The lowest BCUT2D eigenvalue weighted by atomic mass is 10.0. The van der Waals surface area contributed by atoms with E-state index in [-0.39, 0.29) is 18.0 Å². The average molecular weight is 440 g/mol. The molecule has 2 saturated heterocycles. The maximum absolute atomic E-state index is 12.5. The topological polar surface area (TPSA) is 87.7 Å². The number of anilines is 1. The molecule has 1 N–H and O–H groups in total. The Balaban J connectivity index is 1.77. The summed E-state index contributed by atoms with van der Waals surface area (Å²) in [6.07, 6.45) is 5.38. The number of nitrogens with zero attached hydrogens (tertiary/aromatic N) is 4. The first-order chi connectivity index (χ1) is 12.7. The molecule has 3 rings (SSSR count). The number of ether oxygens (including phenoxy) is 1. The SMILES string of the molecule is CC(C)(C)OC(=O)N[C@H]1CN(c2ncc(Br)cn2)C[C@H]1N1CCCCC1=O. The number of alkyl carbamates (subject to hydrolysis) is 1. The summed E-state index contributed by atoms with van der Waals surface area (Å²) in [7, 11) is 0. The van der Waals surface area contributed by atoms with Gasteiger partial charge in [-0.2, -0.15) is 0 Å². The average Bonchev–Trinajstić information content (AvgIpc) is 2.97. The van der Waals surface area contributed by atoms with Crippen molar-refractivity contribution in [1.82, 2.24) is 20.2 Å². The highest BCUT2D eigenvalue weighted by Gasteiger charge is 2.41. The van der Waals surface area contributed by atoms with E-state index in [1.54, 1.807) is 12.4 Å². The Bertz CT molecular complexity index is 691. The van der Waals surface area contributed by atoms with E-state index in [2.05, 4.69) is 31.2 Å². The predicted molar refractivity (Wildman–Crippen MR) is 104 cm³/mol. The van der Waals surface area contributed by atoms with Crippen molar-refractivity contribution in [3.05, 3.63) is 16.9 Å². The highest BCUT2D eigenvalue weighted by atomic mass is 79.9. The number of carbonyl (C=O) groups is 2. The molecule has 9 heteroatoms. The number of rotatable bonds is 3. The second-order valence-corrected chi connectivity index (χ2v) is 8.89. The number of carbonyl (C=O) groups excluding carboxylic acids is 2. The summed E-state index contributed by atoms with van der Waals surface area (Å²) in [4.78, 5) is 37.4. The molecule has 3 heterocycles. The smallest absolute Gasteiger partial charge is 0.408 e. The first-order valence-electron chi connectivity index (χ1n) is 9.24. The van der Waals surface area contributed by atoms with Gasteiger partial charge in [-0.3, -0.25) is 4.79 Å². The molecule has 0 unspecified atom stereocenters. The molecule has 1 aromatic rings. The fourth-order valence-corrected chi connectivity index (χ4v) is 3.72. The molecule has 27 heavy (non-hydrogen) atoms. The van der Waals surface area contributed by atoms with Crippen LogP contribution >= 0.6 is 15.9 Å². The van der Waals surface area contributed by atoms with Crippen LogP contribution in [-0.2, 0) is 9.53 Å². The molecule has 0 spiro atoms. The third kappa shape index (κ3) is 5.09. The van der Waals surface area contributed by atoms with Crippen molar-refractivity contribution >= 4 is 33.9 Å². The van der Waals surface area contributed by atoms with E-state index in [0.29, 0.717) is 32.0 Å². The zero-order valence-corrected chi connectivity index (χ0v) is 17.5. The van der Waals surface area contributed by atoms with Gasteiger partial charge in [-0.05, 0) is 49.5 Å². The fraction of sp³-hybridized carbons (Fsp3) is 0.667. The van der Waals surface area contributed by atoms with E-state index in [0.717, 1.165) is 17.3 Å².